The van der Waals surface area contributed by atoms with Gasteiger partial charge in [-0.3, -0.25) is 0 Å². The van der Waals surface area contributed by atoms with Crippen molar-refractivity contribution in [3.8, 4) is 12.3 Å². The van der Waals surface area contributed by atoms with Crippen molar-refractivity contribution in [3.63, 3.8) is 0 Å². The molecule has 1 aliphatic rings. The van der Waals surface area contributed by atoms with E-state index in [4.69, 9.17) is 6.42 Å². The Morgan fingerprint density at radius 1 is 1.35 bits per heavy atom. The number of terminal acetylenes is 1. The van der Waals surface area contributed by atoms with Crippen molar-refractivity contribution in [2.24, 2.45) is 0 Å². The Morgan fingerprint density at radius 2 is 2.06 bits per heavy atom. The lowest BCUT2D eigenvalue weighted by Crippen LogP contribution is -2.24. The van der Waals surface area contributed by atoms with Crippen LogP contribution in [-0.2, 0) is 0 Å². The molecular weight excluding hydrogens is 228 g/mol. The lowest BCUT2D eigenvalue weighted by Gasteiger charge is -2.21. The van der Waals surface area contributed by atoms with Crippen LogP contribution in [0.5, 0.6) is 0 Å². The zero-order valence-corrected chi connectivity index (χ0v) is 10.7. The summed E-state index contributed by atoms with van der Waals surface area (Å²) in [6.07, 6.45) is 9.75. The molecule has 17 heavy (non-hydrogen) atoms. The SMILES string of the molecule is C#CCCCC(O)C1(Sc2ccccc2)CC1. The first-order valence-corrected chi connectivity index (χ1v) is 6.94. The molecule has 0 heterocycles. The smallest absolute Gasteiger partial charge is 0.0690 e. The van der Waals surface area contributed by atoms with Crippen molar-refractivity contribution < 1.29 is 5.11 Å². The van der Waals surface area contributed by atoms with E-state index in [2.05, 4.69) is 18.1 Å². The fourth-order valence-electron chi connectivity index (χ4n) is 2.01. The molecule has 0 saturated heterocycles. The van der Waals surface area contributed by atoms with Gasteiger partial charge in [-0.15, -0.1) is 24.1 Å². The maximum absolute atomic E-state index is 10.2. The van der Waals surface area contributed by atoms with E-state index in [1.807, 2.05) is 30.0 Å². The summed E-state index contributed by atoms with van der Waals surface area (Å²) in [6, 6.07) is 10.3. The predicted octanol–water partition coefficient (Wildman–Crippen LogP) is 3.48. The summed E-state index contributed by atoms with van der Waals surface area (Å²) in [7, 11) is 0. The van der Waals surface area contributed by atoms with E-state index < -0.39 is 0 Å². The molecule has 90 valence electrons. The highest BCUT2D eigenvalue weighted by atomic mass is 32.2. The molecule has 0 bridgehead atoms. The van der Waals surface area contributed by atoms with Crippen molar-refractivity contribution in [2.45, 2.75) is 47.9 Å². The number of unbranched alkanes of at least 4 members (excludes halogenated alkanes) is 1. The average molecular weight is 246 g/mol. The third-order valence-electron chi connectivity index (χ3n) is 3.21. The van der Waals surface area contributed by atoms with Crippen LogP contribution < -0.4 is 0 Å². The van der Waals surface area contributed by atoms with Crippen LogP contribution >= 0.6 is 11.8 Å². The largest absolute Gasteiger partial charge is 0.392 e. The van der Waals surface area contributed by atoms with E-state index in [1.165, 1.54) is 4.90 Å². The molecule has 1 atom stereocenters. The number of rotatable bonds is 6. The highest BCUT2D eigenvalue weighted by Gasteiger charge is 2.49. The highest BCUT2D eigenvalue weighted by molar-refractivity contribution is 8.01. The van der Waals surface area contributed by atoms with E-state index in [0.717, 1.165) is 32.1 Å². The number of benzene rings is 1. The van der Waals surface area contributed by atoms with Gasteiger partial charge in [0.15, 0.2) is 0 Å². The van der Waals surface area contributed by atoms with Gasteiger partial charge in [0.1, 0.15) is 0 Å². The summed E-state index contributed by atoms with van der Waals surface area (Å²) in [5, 5.41) is 10.2. The van der Waals surface area contributed by atoms with Gasteiger partial charge >= 0.3 is 0 Å². The molecule has 1 aliphatic carbocycles. The average Bonchev–Trinajstić information content (AvgIpc) is 3.12. The molecule has 1 nitrogen and oxygen atoms in total. The van der Waals surface area contributed by atoms with Gasteiger partial charge in [-0.25, -0.2) is 0 Å². The molecule has 0 aliphatic heterocycles. The van der Waals surface area contributed by atoms with Crippen LogP contribution in [-0.4, -0.2) is 16.0 Å². The van der Waals surface area contributed by atoms with Crippen LogP contribution in [0.1, 0.15) is 32.1 Å². The van der Waals surface area contributed by atoms with E-state index in [1.54, 1.807) is 0 Å². The Bertz CT molecular complexity index is 389. The van der Waals surface area contributed by atoms with E-state index in [-0.39, 0.29) is 10.9 Å². The van der Waals surface area contributed by atoms with Gasteiger partial charge in [-0.05, 0) is 37.8 Å². The van der Waals surface area contributed by atoms with Gasteiger partial charge in [0.05, 0.1) is 6.10 Å². The number of aliphatic hydroxyl groups is 1. The molecular formula is C15H18OS. The minimum atomic E-state index is -0.221. The molecule has 0 amide bonds. The quantitative estimate of drug-likeness (QED) is 0.612. The summed E-state index contributed by atoms with van der Waals surface area (Å²) < 4.78 is 0.0654. The van der Waals surface area contributed by atoms with E-state index in [9.17, 15) is 5.11 Å². The molecule has 1 saturated carbocycles. The number of thioether (sulfide) groups is 1. The Labute approximate surface area is 108 Å². The maximum atomic E-state index is 10.2. The monoisotopic (exact) mass is 246 g/mol. The third kappa shape index (κ3) is 3.28. The Hall–Kier alpha value is -0.910. The van der Waals surface area contributed by atoms with Gasteiger partial charge in [0.2, 0.25) is 0 Å². The van der Waals surface area contributed by atoms with Crippen molar-refractivity contribution in [1.29, 1.82) is 0 Å². The van der Waals surface area contributed by atoms with Gasteiger partial charge in [0.25, 0.3) is 0 Å². The summed E-state index contributed by atoms with van der Waals surface area (Å²) in [5.41, 5.74) is 0. The predicted molar refractivity (Wildman–Crippen MR) is 73.0 cm³/mol. The molecule has 0 spiro atoms. The van der Waals surface area contributed by atoms with E-state index >= 15 is 0 Å². The Balaban J connectivity index is 1.89. The fourth-order valence-corrected chi connectivity index (χ4v) is 3.33. The topological polar surface area (TPSA) is 20.2 Å². The summed E-state index contributed by atoms with van der Waals surface area (Å²) in [6.45, 7) is 0. The van der Waals surface area contributed by atoms with Crippen LogP contribution in [0.25, 0.3) is 0 Å². The van der Waals surface area contributed by atoms with Crippen LogP contribution in [0, 0.1) is 12.3 Å². The lowest BCUT2D eigenvalue weighted by atomic mass is 10.1. The number of hydrogen-bond acceptors (Lipinski definition) is 2. The molecule has 0 aromatic heterocycles. The summed E-state index contributed by atoms with van der Waals surface area (Å²) >= 11 is 1.82. The van der Waals surface area contributed by atoms with Crippen LogP contribution in [0.15, 0.2) is 35.2 Å². The third-order valence-corrected chi connectivity index (χ3v) is 4.81. The van der Waals surface area contributed by atoms with Crippen LogP contribution in [0.4, 0.5) is 0 Å². The molecule has 2 rings (SSSR count). The number of aliphatic hydroxyl groups excluding tert-OH is 1. The van der Waals surface area contributed by atoms with Crippen LogP contribution in [0.3, 0.4) is 0 Å². The van der Waals surface area contributed by atoms with Gasteiger partial charge < -0.3 is 5.11 Å². The highest BCUT2D eigenvalue weighted by Crippen LogP contribution is 2.54. The molecule has 2 heteroatoms. The van der Waals surface area contributed by atoms with Crippen molar-refractivity contribution >= 4 is 11.8 Å². The van der Waals surface area contributed by atoms with E-state index in [0.29, 0.717) is 0 Å². The Kier molecular flexibility index (Phi) is 4.15. The normalized spacial score (nSPS) is 18.4. The Morgan fingerprint density at radius 3 is 2.65 bits per heavy atom. The first-order chi connectivity index (χ1) is 8.27. The molecule has 1 aromatic carbocycles. The molecule has 1 aromatic rings. The minimum absolute atomic E-state index is 0.0654. The second-order valence-corrected chi connectivity index (χ2v) is 6.08. The molecule has 0 radical (unpaired) electrons. The second kappa shape index (κ2) is 5.62. The zero-order valence-electron chi connectivity index (χ0n) is 9.93. The van der Waals surface area contributed by atoms with Crippen molar-refractivity contribution in [3.05, 3.63) is 30.3 Å². The zero-order chi connectivity index (χ0) is 12.1. The first-order valence-electron chi connectivity index (χ1n) is 6.12. The summed E-state index contributed by atoms with van der Waals surface area (Å²) in [4.78, 5) is 1.25. The van der Waals surface area contributed by atoms with Crippen LogP contribution in [0.2, 0.25) is 0 Å². The van der Waals surface area contributed by atoms with Gasteiger partial charge in [0, 0.05) is 16.1 Å². The van der Waals surface area contributed by atoms with Crippen molar-refractivity contribution in [2.75, 3.05) is 0 Å². The standard InChI is InChI=1S/C15H18OS/c1-2-3-5-10-14(16)15(11-12-15)17-13-8-6-4-7-9-13/h1,4,6-9,14,16H,3,5,10-12H2. The molecule has 1 N–H and O–H groups in total. The van der Waals surface area contributed by atoms with Gasteiger partial charge in [-0.1, -0.05) is 18.2 Å². The first kappa shape index (κ1) is 12.5. The maximum Gasteiger partial charge on any atom is 0.0690 e. The lowest BCUT2D eigenvalue weighted by molar-refractivity contribution is 0.152. The van der Waals surface area contributed by atoms with Crippen molar-refractivity contribution in [1.82, 2.24) is 0 Å². The second-order valence-electron chi connectivity index (χ2n) is 4.59. The fraction of sp³-hybridized carbons (Fsp3) is 0.467. The minimum Gasteiger partial charge on any atom is -0.392 e. The summed E-state index contributed by atoms with van der Waals surface area (Å²) in [5.74, 6) is 2.63. The number of hydrogen-bond donors (Lipinski definition) is 1. The molecule has 1 unspecified atom stereocenters. The van der Waals surface area contributed by atoms with Gasteiger partial charge in [-0.2, -0.15) is 0 Å². The molecule has 1 fully saturated rings.